The van der Waals surface area contributed by atoms with Crippen LogP contribution in [0.1, 0.15) is 26.3 Å². The van der Waals surface area contributed by atoms with Gasteiger partial charge in [-0.25, -0.2) is 0 Å². The van der Waals surface area contributed by atoms with Crippen LogP contribution >= 0.6 is 27.5 Å². The van der Waals surface area contributed by atoms with Crippen LogP contribution in [0.25, 0.3) is 0 Å². The molecule has 136 valence electrons. The summed E-state index contributed by atoms with van der Waals surface area (Å²) in [4.78, 5) is 25.6. The number of rotatable bonds is 5. The number of ether oxygens (including phenoxy) is 1. The fourth-order valence-electron chi connectivity index (χ4n) is 2.56. The molecule has 0 radical (unpaired) electrons. The second kappa shape index (κ2) is 8.37. The lowest BCUT2D eigenvalue weighted by Gasteiger charge is -2.12. The molecule has 4 nitrogen and oxygen atoms in total. The van der Waals surface area contributed by atoms with Crippen LogP contribution in [0, 0.1) is 0 Å². The van der Waals surface area contributed by atoms with Gasteiger partial charge in [-0.3, -0.25) is 9.59 Å². The molecule has 3 aromatic rings. The number of hydrogen-bond donors (Lipinski definition) is 1. The molecule has 0 saturated heterocycles. The van der Waals surface area contributed by atoms with E-state index in [1.54, 1.807) is 66.7 Å². The molecule has 0 aromatic heterocycles. The second-order valence-electron chi connectivity index (χ2n) is 5.68. The van der Waals surface area contributed by atoms with Gasteiger partial charge in [0, 0.05) is 21.2 Å². The fourth-order valence-corrected chi connectivity index (χ4v) is 3.15. The van der Waals surface area contributed by atoms with E-state index in [-0.39, 0.29) is 11.7 Å². The molecule has 0 atom stereocenters. The maximum absolute atomic E-state index is 13.0. The van der Waals surface area contributed by atoms with Gasteiger partial charge in [-0.2, -0.15) is 0 Å². The first-order valence-electron chi connectivity index (χ1n) is 8.04. The predicted molar refractivity (Wildman–Crippen MR) is 110 cm³/mol. The standard InChI is InChI=1S/C21H15BrClNO3/c1-27-15-6-4-5-13(11-15)21(26)24-19-10-9-14(22)12-17(19)20(25)16-7-2-3-8-18(16)23/h2-12H,1H3,(H,24,26). The van der Waals surface area contributed by atoms with Gasteiger partial charge >= 0.3 is 0 Å². The zero-order chi connectivity index (χ0) is 19.4. The van der Waals surface area contributed by atoms with Crippen molar-refractivity contribution >= 4 is 44.9 Å². The topological polar surface area (TPSA) is 55.4 Å². The Hall–Kier alpha value is -2.63. The van der Waals surface area contributed by atoms with Crippen LogP contribution in [-0.4, -0.2) is 18.8 Å². The molecule has 1 N–H and O–H groups in total. The Kier molecular flexibility index (Phi) is 5.94. The third kappa shape index (κ3) is 4.38. The fraction of sp³-hybridized carbons (Fsp3) is 0.0476. The van der Waals surface area contributed by atoms with Gasteiger partial charge in [0.2, 0.25) is 0 Å². The minimum atomic E-state index is -0.343. The Morgan fingerprint density at radius 1 is 0.963 bits per heavy atom. The van der Waals surface area contributed by atoms with E-state index in [2.05, 4.69) is 21.2 Å². The third-order valence-corrected chi connectivity index (χ3v) is 4.75. The van der Waals surface area contributed by atoms with Crippen molar-refractivity contribution in [3.63, 3.8) is 0 Å². The van der Waals surface area contributed by atoms with Gasteiger partial charge in [0.05, 0.1) is 17.8 Å². The van der Waals surface area contributed by atoms with E-state index < -0.39 is 0 Å². The van der Waals surface area contributed by atoms with Crippen molar-refractivity contribution in [2.75, 3.05) is 12.4 Å². The van der Waals surface area contributed by atoms with Crippen molar-refractivity contribution in [2.24, 2.45) is 0 Å². The lowest BCUT2D eigenvalue weighted by Crippen LogP contribution is -2.15. The highest BCUT2D eigenvalue weighted by molar-refractivity contribution is 9.10. The van der Waals surface area contributed by atoms with E-state index in [0.29, 0.717) is 33.1 Å². The van der Waals surface area contributed by atoms with E-state index in [4.69, 9.17) is 16.3 Å². The van der Waals surface area contributed by atoms with Crippen LogP contribution in [0.2, 0.25) is 5.02 Å². The van der Waals surface area contributed by atoms with Gasteiger partial charge in [0.1, 0.15) is 5.75 Å². The smallest absolute Gasteiger partial charge is 0.255 e. The molecule has 6 heteroatoms. The second-order valence-corrected chi connectivity index (χ2v) is 7.01. The molecule has 0 aliphatic heterocycles. The van der Waals surface area contributed by atoms with Gasteiger partial charge in [0.15, 0.2) is 5.78 Å². The summed E-state index contributed by atoms with van der Waals surface area (Å²) in [5, 5.41) is 3.15. The number of nitrogens with one attached hydrogen (secondary N) is 1. The summed E-state index contributed by atoms with van der Waals surface area (Å²) in [6, 6.07) is 18.7. The maximum atomic E-state index is 13.0. The highest BCUT2D eigenvalue weighted by atomic mass is 79.9. The normalized spacial score (nSPS) is 10.3. The Morgan fingerprint density at radius 2 is 1.74 bits per heavy atom. The molecular formula is C21H15BrClNO3. The number of hydrogen-bond acceptors (Lipinski definition) is 3. The van der Waals surface area contributed by atoms with E-state index in [9.17, 15) is 9.59 Å². The van der Waals surface area contributed by atoms with Crippen LogP contribution < -0.4 is 10.1 Å². The van der Waals surface area contributed by atoms with Gasteiger partial charge in [-0.05, 0) is 48.5 Å². The Morgan fingerprint density at radius 3 is 2.48 bits per heavy atom. The number of carbonyl (C=O) groups is 2. The first kappa shape index (κ1) is 19.1. The Balaban J connectivity index is 1.96. The average molecular weight is 445 g/mol. The van der Waals surface area contributed by atoms with Gasteiger partial charge in [-0.1, -0.05) is 45.7 Å². The quantitative estimate of drug-likeness (QED) is 0.522. The molecule has 0 saturated carbocycles. The summed E-state index contributed by atoms with van der Waals surface area (Å²) in [7, 11) is 1.53. The molecule has 0 heterocycles. The van der Waals surface area contributed by atoms with E-state index in [1.165, 1.54) is 7.11 Å². The summed E-state index contributed by atoms with van der Waals surface area (Å²) in [5.74, 6) is -0.0434. The van der Waals surface area contributed by atoms with E-state index >= 15 is 0 Å². The van der Waals surface area contributed by atoms with Gasteiger partial charge in [-0.15, -0.1) is 0 Å². The van der Waals surface area contributed by atoms with Crippen molar-refractivity contribution in [3.05, 3.63) is 92.9 Å². The lowest BCUT2D eigenvalue weighted by atomic mass is 10.0. The van der Waals surface area contributed by atoms with Crippen molar-refractivity contribution in [1.29, 1.82) is 0 Å². The molecule has 0 aliphatic rings. The van der Waals surface area contributed by atoms with Crippen molar-refractivity contribution in [3.8, 4) is 5.75 Å². The van der Waals surface area contributed by atoms with Crippen LogP contribution in [0.5, 0.6) is 5.75 Å². The Labute approximate surface area is 170 Å². The number of methoxy groups -OCH3 is 1. The zero-order valence-electron chi connectivity index (χ0n) is 14.3. The molecule has 0 spiro atoms. The highest BCUT2D eigenvalue weighted by Gasteiger charge is 2.18. The maximum Gasteiger partial charge on any atom is 0.255 e. The molecular weight excluding hydrogens is 430 g/mol. The first-order valence-corrected chi connectivity index (χ1v) is 9.21. The minimum Gasteiger partial charge on any atom is -0.497 e. The predicted octanol–water partition coefficient (Wildman–Crippen LogP) is 5.59. The van der Waals surface area contributed by atoms with Crippen LogP contribution in [-0.2, 0) is 0 Å². The summed E-state index contributed by atoms with van der Waals surface area (Å²) in [6.45, 7) is 0. The van der Waals surface area contributed by atoms with Crippen molar-refractivity contribution < 1.29 is 14.3 Å². The van der Waals surface area contributed by atoms with Crippen LogP contribution in [0.15, 0.2) is 71.2 Å². The number of anilines is 1. The first-order chi connectivity index (χ1) is 13.0. The number of halogens is 2. The molecule has 0 fully saturated rings. The monoisotopic (exact) mass is 443 g/mol. The SMILES string of the molecule is COc1cccc(C(=O)Nc2ccc(Br)cc2C(=O)c2ccccc2Cl)c1. The van der Waals surface area contributed by atoms with Crippen molar-refractivity contribution in [2.45, 2.75) is 0 Å². The number of ketones is 1. The Bertz CT molecular complexity index is 1020. The van der Waals surface area contributed by atoms with E-state index in [1.807, 2.05) is 0 Å². The van der Waals surface area contributed by atoms with Crippen LogP contribution in [0.4, 0.5) is 5.69 Å². The average Bonchev–Trinajstić information content (AvgIpc) is 2.69. The number of amides is 1. The zero-order valence-corrected chi connectivity index (χ0v) is 16.7. The molecule has 27 heavy (non-hydrogen) atoms. The molecule has 0 unspecified atom stereocenters. The molecule has 3 aromatic carbocycles. The summed E-state index contributed by atoms with van der Waals surface area (Å²) in [6.07, 6.45) is 0. The summed E-state index contributed by atoms with van der Waals surface area (Å²) >= 11 is 9.53. The number of benzene rings is 3. The van der Waals surface area contributed by atoms with Gasteiger partial charge in [0.25, 0.3) is 5.91 Å². The summed E-state index contributed by atoms with van der Waals surface area (Å²) < 4.78 is 5.87. The van der Waals surface area contributed by atoms with E-state index in [0.717, 1.165) is 4.47 Å². The van der Waals surface area contributed by atoms with Crippen LogP contribution in [0.3, 0.4) is 0 Å². The molecule has 0 bridgehead atoms. The minimum absolute atomic E-state index is 0.275. The van der Waals surface area contributed by atoms with Crippen molar-refractivity contribution in [1.82, 2.24) is 0 Å². The highest BCUT2D eigenvalue weighted by Crippen LogP contribution is 2.27. The molecule has 0 aliphatic carbocycles. The lowest BCUT2D eigenvalue weighted by molar-refractivity contribution is 0.102. The summed E-state index contributed by atoms with van der Waals surface area (Å²) in [5.41, 5.74) is 1.53. The number of carbonyl (C=O) groups excluding carboxylic acids is 2. The van der Waals surface area contributed by atoms with Gasteiger partial charge < -0.3 is 10.1 Å². The third-order valence-electron chi connectivity index (χ3n) is 3.92. The largest absolute Gasteiger partial charge is 0.497 e. The molecule has 3 rings (SSSR count). The molecule has 1 amide bonds.